The smallest absolute Gasteiger partial charge is 0.335 e. The number of amides is 1. The van der Waals surface area contributed by atoms with E-state index in [-0.39, 0.29) is 25.1 Å². The summed E-state index contributed by atoms with van der Waals surface area (Å²) in [6.07, 6.45) is -0.256. The van der Waals surface area contributed by atoms with Crippen LogP contribution in [0.15, 0.2) is 78.0 Å². The minimum atomic E-state index is -0.655. The number of rotatable bonds is 12. The SMILES string of the molecule is CCOC(=O)C(Cc1ccc(OCCN2C(=O)COc3ccc(C(=NO)c4ccccc4)cc32)cc1)OCC. The van der Waals surface area contributed by atoms with Crippen LogP contribution in [0.3, 0.4) is 0 Å². The maximum absolute atomic E-state index is 12.7. The van der Waals surface area contributed by atoms with Gasteiger partial charge in [-0.05, 0) is 49.7 Å². The van der Waals surface area contributed by atoms with Crippen molar-refractivity contribution in [2.75, 3.05) is 37.9 Å². The molecule has 0 spiro atoms. The molecule has 0 aliphatic carbocycles. The molecule has 3 aromatic carbocycles. The van der Waals surface area contributed by atoms with Gasteiger partial charge in [-0.1, -0.05) is 47.6 Å². The summed E-state index contributed by atoms with van der Waals surface area (Å²) in [5.74, 6) is 0.635. The van der Waals surface area contributed by atoms with Gasteiger partial charge in [-0.25, -0.2) is 4.79 Å². The number of ether oxygens (including phenoxy) is 4. The fraction of sp³-hybridized carbons (Fsp3) is 0.300. The number of anilines is 1. The first-order valence-electron chi connectivity index (χ1n) is 12.9. The molecule has 0 saturated carbocycles. The summed E-state index contributed by atoms with van der Waals surface area (Å²) >= 11 is 0. The number of fused-ring (bicyclic) bond motifs is 1. The third kappa shape index (κ3) is 6.94. The zero-order valence-corrected chi connectivity index (χ0v) is 22.0. The number of benzene rings is 3. The molecule has 1 heterocycles. The molecule has 4 rings (SSSR count). The van der Waals surface area contributed by atoms with E-state index in [4.69, 9.17) is 18.9 Å². The van der Waals surface area contributed by atoms with Crippen molar-refractivity contribution < 1.29 is 33.7 Å². The monoisotopic (exact) mass is 532 g/mol. The number of carbonyl (C=O) groups excluding carboxylic acids is 2. The van der Waals surface area contributed by atoms with Gasteiger partial charge in [0.15, 0.2) is 12.7 Å². The Morgan fingerprint density at radius 1 is 1.03 bits per heavy atom. The molecule has 0 fully saturated rings. The first-order valence-corrected chi connectivity index (χ1v) is 12.9. The van der Waals surface area contributed by atoms with Gasteiger partial charge in [-0.3, -0.25) is 4.79 Å². The summed E-state index contributed by atoms with van der Waals surface area (Å²) in [7, 11) is 0. The molecule has 1 atom stereocenters. The predicted molar refractivity (Wildman–Crippen MR) is 146 cm³/mol. The highest BCUT2D eigenvalue weighted by molar-refractivity contribution is 6.13. The van der Waals surface area contributed by atoms with E-state index in [0.29, 0.717) is 54.6 Å². The topological polar surface area (TPSA) is 107 Å². The molecule has 0 bridgehead atoms. The molecule has 0 aromatic heterocycles. The summed E-state index contributed by atoms with van der Waals surface area (Å²) in [5.41, 5.74) is 3.29. The van der Waals surface area contributed by atoms with Crippen LogP contribution in [0.4, 0.5) is 5.69 Å². The Bertz CT molecular complexity index is 1290. The van der Waals surface area contributed by atoms with Crippen LogP contribution < -0.4 is 14.4 Å². The van der Waals surface area contributed by atoms with Gasteiger partial charge in [0.25, 0.3) is 5.91 Å². The van der Waals surface area contributed by atoms with Crippen LogP contribution in [0.1, 0.15) is 30.5 Å². The van der Waals surface area contributed by atoms with Crippen molar-refractivity contribution >= 4 is 23.3 Å². The van der Waals surface area contributed by atoms with E-state index < -0.39 is 6.10 Å². The lowest BCUT2D eigenvalue weighted by Crippen LogP contribution is -2.41. The van der Waals surface area contributed by atoms with E-state index in [1.165, 1.54) is 0 Å². The first-order chi connectivity index (χ1) is 19.0. The average Bonchev–Trinajstić information content (AvgIpc) is 2.96. The van der Waals surface area contributed by atoms with Crippen molar-refractivity contribution in [2.24, 2.45) is 5.16 Å². The molecule has 39 heavy (non-hydrogen) atoms. The highest BCUT2D eigenvalue weighted by atomic mass is 16.6. The van der Waals surface area contributed by atoms with Gasteiger partial charge in [0.1, 0.15) is 23.8 Å². The molecule has 1 unspecified atom stereocenters. The molecule has 9 heteroatoms. The van der Waals surface area contributed by atoms with Crippen LogP contribution in [-0.4, -0.2) is 61.9 Å². The number of carbonyl (C=O) groups is 2. The Morgan fingerprint density at radius 3 is 2.49 bits per heavy atom. The van der Waals surface area contributed by atoms with Crippen LogP contribution in [0.5, 0.6) is 11.5 Å². The number of hydrogen-bond acceptors (Lipinski definition) is 8. The fourth-order valence-electron chi connectivity index (χ4n) is 4.31. The first kappa shape index (κ1) is 27.7. The quantitative estimate of drug-likeness (QED) is 0.161. The summed E-state index contributed by atoms with van der Waals surface area (Å²) in [6, 6.07) is 22.0. The molecular formula is C30H32N2O7. The largest absolute Gasteiger partial charge is 0.492 e. The third-order valence-corrected chi connectivity index (χ3v) is 6.17. The molecule has 0 radical (unpaired) electrons. The van der Waals surface area contributed by atoms with E-state index in [9.17, 15) is 14.8 Å². The van der Waals surface area contributed by atoms with Crippen LogP contribution in [0.2, 0.25) is 0 Å². The van der Waals surface area contributed by atoms with Crippen LogP contribution in [0, 0.1) is 0 Å². The Morgan fingerprint density at radius 2 is 1.79 bits per heavy atom. The Labute approximate surface area is 227 Å². The van der Waals surface area contributed by atoms with Gasteiger partial charge in [0, 0.05) is 24.2 Å². The van der Waals surface area contributed by atoms with Gasteiger partial charge in [-0.2, -0.15) is 0 Å². The second-order valence-corrected chi connectivity index (χ2v) is 8.72. The fourth-order valence-corrected chi connectivity index (χ4v) is 4.31. The summed E-state index contributed by atoms with van der Waals surface area (Å²) < 4.78 is 22.2. The maximum atomic E-state index is 12.7. The van der Waals surface area contributed by atoms with Crippen LogP contribution >= 0.6 is 0 Å². The molecule has 9 nitrogen and oxygen atoms in total. The van der Waals surface area contributed by atoms with Gasteiger partial charge >= 0.3 is 5.97 Å². The minimum absolute atomic E-state index is 0.0673. The Kier molecular flexibility index (Phi) is 9.53. The van der Waals surface area contributed by atoms with Crippen molar-refractivity contribution in [2.45, 2.75) is 26.4 Å². The van der Waals surface area contributed by atoms with Crippen molar-refractivity contribution in [3.63, 3.8) is 0 Å². The standard InChI is InChI=1S/C30H32N2O7/c1-3-36-27(30(34)37-4-2)18-21-10-13-24(14-11-21)38-17-16-32-25-19-23(12-15-26(25)39-20-28(32)33)29(31-35)22-8-6-5-7-9-22/h5-15,19,27,35H,3-4,16-18,20H2,1-2H3. The van der Waals surface area contributed by atoms with Gasteiger partial charge in [0.2, 0.25) is 0 Å². The molecule has 1 aliphatic rings. The van der Waals surface area contributed by atoms with Gasteiger partial charge in [-0.15, -0.1) is 0 Å². The van der Waals surface area contributed by atoms with Crippen LogP contribution in [-0.2, 0) is 25.5 Å². The lowest BCUT2D eigenvalue weighted by molar-refractivity contribution is -0.156. The second-order valence-electron chi connectivity index (χ2n) is 8.72. The molecule has 1 amide bonds. The Hall–Kier alpha value is -4.37. The normalized spacial score (nSPS) is 13.8. The van der Waals surface area contributed by atoms with E-state index in [1.54, 1.807) is 30.0 Å². The number of esters is 1. The number of hydrogen-bond donors (Lipinski definition) is 1. The molecule has 1 aliphatic heterocycles. The predicted octanol–water partition coefficient (Wildman–Crippen LogP) is 4.23. The number of oxime groups is 1. The zero-order chi connectivity index (χ0) is 27.6. The molecular weight excluding hydrogens is 500 g/mol. The van der Waals surface area contributed by atoms with Crippen molar-refractivity contribution in [3.8, 4) is 11.5 Å². The second kappa shape index (κ2) is 13.4. The Balaban J connectivity index is 1.41. The van der Waals surface area contributed by atoms with E-state index in [0.717, 1.165) is 11.1 Å². The third-order valence-electron chi connectivity index (χ3n) is 6.17. The summed E-state index contributed by atoms with van der Waals surface area (Å²) in [4.78, 5) is 26.5. The zero-order valence-electron chi connectivity index (χ0n) is 22.0. The summed E-state index contributed by atoms with van der Waals surface area (Å²) in [6.45, 7) is 4.80. The van der Waals surface area contributed by atoms with Gasteiger partial charge < -0.3 is 29.1 Å². The van der Waals surface area contributed by atoms with Crippen molar-refractivity contribution in [3.05, 3.63) is 89.5 Å². The lowest BCUT2D eigenvalue weighted by atomic mass is 10.0. The average molecular weight is 533 g/mol. The van der Waals surface area contributed by atoms with Crippen LogP contribution in [0.25, 0.3) is 0 Å². The highest BCUT2D eigenvalue weighted by Crippen LogP contribution is 2.33. The molecule has 0 saturated heterocycles. The number of nitrogens with zero attached hydrogens (tertiary/aromatic N) is 2. The van der Waals surface area contributed by atoms with Crippen molar-refractivity contribution in [1.82, 2.24) is 0 Å². The highest BCUT2D eigenvalue weighted by Gasteiger charge is 2.27. The lowest BCUT2D eigenvalue weighted by Gasteiger charge is -2.29. The van der Waals surface area contributed by atoms with Crippen molar-refractivity contribution in [1.29, 1.82) is 0 Å². The maximum Gasteiger partial charge on any atom is 0.335 e. The molecule has 1 N–H and O–H groups in total. The molecule has 3 aromatic rings. The van der Waals surface area contributed by atoms with E-state index in [2.05, 4.69) is 5.16 Å². The van der Waals surface area contributed by atoms with E-state index >= 15 is 0 Å². The van der Waals surface area contributed by atoms with Gasteiger partial charge in [0.05, 0.1) is 18.8 Å². The van der Waals surface area contributed by atoms with E-state index in [1.807, 2.05) is 61.5 Å². The summed E-state index contributed by atoms with van der Waals surface area (Å²) in [5, 5.41) is 13.2. The molecule has 204 valence electrons. The minimum Gasteiger partial charge on any atom is -0.492 e.